The summed E-state index contributed by atoms with van der Waals surface area (Å²) in [5, 5.41) is 2.86. The number of carbonyl (C=O) groups excluding carboxylic acids is 2. The van der Waals surface area contributed by atoms with Gasteiger partial charge in [0.25, 0.3) is 5.91 Å². The van der Waals surface area contributed by atoms with Gasteiger partial charge in [-0.15, -0.1) is 11.3 Å². The van der Waals surface area contributed by atoms with Crippen molar-refractivity contribution >= 4 is 23.2 Å². The monoisotopic (exact) mass is 371 g/mol. The van der Waals surface area contributed by atoms with Crippen molar-refractivity contribution < 1.29 is 19.1 Å². The fourth-order valence-corrected chi connectivity index (χ4v) is 4.31. The Morgan fingerprint density at radius 3 is 2.69 bits per heavy atom. The second-order valence-corrected chi connectivity index (χ2v) is 7.87. The molecule has 1 amide bonds. The fraction of sp³-hybridized carbons (Fsp3) is 0.400. The molecule has 2 aromatic rings. The number of esters is 1. The lowest BCUT2D eigenvalue weighted by Crippen LogP contribution is -2.36. The molecule has 0 bridgehead atoms. The van der Waals surface area contributed by atoms with Crippen LogP contribution in [0.2, 0.25) is 0 Å². The van der Waals surface area contributed by atoms with E-state index in [2.05, 4.69) is 11.4 Å². The first-order valence-corrected chi connectivity index (χ1v) is 9.68. The molecule has 1 N–H and O–H groups in total. The number of carbonyl (C=O) groups is 2. The highest BCUT2D eigenvalue weighted by Crippen LogP contribution is 2.41. The normalized spacial score (nSPS) is 16.2. The highest BCUT2D eigenvalue weighted by Gasteiger charge is 2.28. The standard InChI is InChI=1S/C20H21NO4S/c1-11(19(22)21-14-5-6-14)25-20(23)17-10-13-4-3-12-9-15(24-2)7-8-16(12)18(13)26-17/h7-11,14H,3-6H2,1-2H3,(H,21,22)/t11-/m1/s1. The molecule has 4 rings (SSSR count). The van der Waals surface area contributed by atoms with Crippen molar-refractivity contribution in [2.24, 2.45) is 0 Å². The maximum atomic E-state index is 12.5. The van der Waals surface area contributed by atoms with Crippen molar-refractivity contribution in [3.63, 3.8) is 0 Å². The van der Waals surface area contributed by atoms with Gasteiger partial charge in [-0.1, -0.05) is 0 Å². The zero-order valence-corrected chi connectivity index (χ0v) is 15.7. The van der Waals surface area contributed by atoms with Gasteiger partial charge in [-0.25, -0.2) is 4.79 Å². The summed E-state index contributed by atoms with van der Waals surface area (Å²) in [7, 11) is 1.66. The number of hydrogen-bond donors (Lipinski definition) is 1. The van der Waals surface area contributed by atoms with Crippen molar-refractivity contribution in [2.75, 3.05) is 7.11 Å². The second kappa shape index (κ2) is 6.76. The number of amides is 1. The van der Waals surface area contributed by atoms with E-state index in [0.29, 0.717) is 4.88 Å². The Labute approximate surface area is 156 Å². The zero-order chi connectivity index (χ0) is 18.3. The maximum absolute atomic E-state index is 12.5. The third kappa shape index (κ3) is 3.33. The number of rotatable bonds is 5. The number of fused-ring (bicyclic) bond motifs is 3. The lowest BCUT2D eigenvalue weighted by Gasteiger charge is -2.16. The van der Waals surface area contributed by atoms with Crippen LogP contribution >= 0.6 is 11.3 Å². The van der Waals surface area contributed by atoms with Crippen LogP contribution in [0.1, 0.15) is 40.6 Å². The Morgan fingerprint density at radius 2 is 1.96 bits per heavy atom. The van der Waals surface area contributed by atoms with Crippen LogP contribution in [-0.4, -0.2) is 31.1 Å². The minimum Gasteiger partial charge on any atom is -0.497 e. The quantitative estimate of drug-likeness (QED) is 0.819. The first-order chi connectivity index (χ1) is 12.5. The predicted octanol–water partition coefficient (Wildman–Crippen LogP) is 3.35. The number of benzene rings is 1. The fourth-order valence-electron chi connectivity index (χ4n) is 3.16. The second-order valence-electron chi connectivity index (χ2n) is 6.82. The summed E-state index contributed by atoms with van der Waals surface area (Å²) in [4.78, 5) is 26.1. The summed E-state index contributed by atoms with van der Waals surface area (Å²) in [6.07, 6.45) is 3.04. The lowest BCUT2D eigenvalue weighted by molar-refractivity contribution is -0.129. The van der Waals surface area contributed by atoms with E-state index >= 15 is 0 Å². The molecule has 1 atom stereocenters. The van der Waals surface area contributed by atoms with Crippen molar-refractivity contribution in [1.82, 2.24) is 5.32 Å². The molecule has 0 unspecified atom stereocenters. The van der Waals surface area contributed by atoms with Crippen LogP contribution in [-0.2, 0) is 22.4 Å². The van der Waals surface area contributed by atoms with Crippen molar-refractivity contribution in [3.05, 3.63) is 40.3 Å². The van der Waals surface area contributed by atoms with E-state index in [-0.39, 0.29) is 11.9 Å². The van der Waals surface area contributed by atoms with Crippen molar-refractivity contribution in [3.8, 4) is 16.2 Å². The van der Waals surface area contributed by atoms with E-state index in [1.54, 1.807) is 14.0 Å². The number of nitrogens with one attached hydrogen (secondary N) is 1. The summed E-state index contributed by atoms with van der Waals surface area (Å²) in [6.45, 7) is 1.62. The molecular weight excluding hydrogens is 350 g/mol. The van der Waals surface area contributed by atoms with Crippen LogP contribution < -0.4 is 10.1 Å². The zero-order valence-electron chi connectivity index (χ0n) is 14.8. The van der Waals surface area contributed by atoms with Gasteiger partial charge in [0.15, 0.2) is 6.10 Å². The minimum absolute atomic E-state index is 0.223. The van der Waals surface area contributed by atoms with Gasteiger partial charge in [-0.05, 0) is 73.6 Å². The van der Waals surface area contributed by atoms with Crippen LogP contribution in [0.15, 0.2) is 24.3 Å². The van der Waals surface area contributed by atoms with Gasteiger partial charge in [-0.2, -0.15) is 0 Å². The molecule has 136 valence electrons. The molecule has 26 heavy (non-hydrogen) atoms. The largest absolute Gasteiger partial charge is 0.497 e. The van der Waals surface area contributed by atoms with Gasteiger partial charge < -0.3 is 14.8 Å². The van der Waals surface area contributed by atoms with Gasteiger partial charge in [-0.3, -0.25) is 4.79 Å². The minimum atomic E-state index is -0.779. The summed E-state index contributed by atoms with van der Waals surface area (Å²) in [6, 6.07) is 8.20. The highest BCUT2D eigenvalue weighted by atomic mass is 32.1. The first kappa shape index (κ1) is 17.1. The van der Waals surface area contributed by atoms with Crippen LogP contribution in [0.3, 0.4) is 0 Å². The average Bonchev–Trinajstić information content (AvgIpc) is 3.34. The van der Waals surface area contributed by atoms with Crippen LogP contribution in [0, 0.1) is 0 Å². The number of aryl methyl sites for hydroxylation is 2. The Bertz CT molecular complexity index is 869. The molecule has 1 saturated carbocycles. The molecule has 2 aliphatic rings. The van der Waals surface area contributed by atoms with Gasteiger partial charge >= 0.3 is 5.97 Å². The van der Waals surface area contributed by atoms with E-state index < -0.39 is 12.1 Å². The Morgan fingerprint density at radius 1 is 1.19 bits per heavy atom. The van der Waals surface area contributed by atoms with E-state index in [0.717, 1.165) is 47.4 Å². The predicted molar refractivity (Wildman–Crippen MR) is 99.8 cm³/mol. The summed E-state index contributed by atoms with van der Waals surface area (Å²) in [5.74, 6) is 0.191. The lowest BCUT2D eigenvalue weighted by atomic mass is 9.91. The van der Waals surface area contributed by atoms with Gasteiger partial charge in [0, 0.05) is 10.9 Å². The Balaban J connectivity index is 1.51. The topological polar surface area (TPSA) is 64.6 Å². The third-order valence-electron chi connectivity index (χ3n) is 4.81. The molecule has 0 aliphatic heterocycles. The highest BCUT2D eigenvalue weighted by molar-refractivity contribution is 7.17. The number of methoxy groups -OCH3 is 1. The molecule has 6 heteroatoms. The van der Waals surface area contributed by atoms with E-state index in [9.17, 15) is 9.59 Å². The Kier molecular flexibility index (Phi) is 4.44. The maximum Gasteiger partial charge on any atom is 0.349 e. The summed E-state index contributed by atoms with van der Waals surface area (Å²) >= 11 is 1.43. The van der Waals surface area contributed by atoms with Gasteiger partial charge in [0.05, 0.1) is 7.11 Å². The van der Waals surface area contributed by atoms with Crippen LogP contribution in [0.25, 0.3) is 10.4 Å². The molecule has 0 spiro atoms. The van der Waals surface area contributed by atoms with Gasteiger partial charge in [0.2, 0.25) is 0 Å². The van der Waals surface area contributed by atoms with Crippen LogP contribution in [0.4, 0.5) is 0 Å². The molecular formula is C20H21NO4S. The number of hydrogen-bond acceptors (Lipinski definition) is 5. The van der Waals surface area contributed by atoms with Crippen molar-refractivity contribution in [1.29, 1.82) is 0 Å². The molecule has 1 aromatic carbocycles. The Hall–Kier alpha value is -2.34. The van der Waals surface area contributed by atoms with Crippen molar-refractivity contribution in [2.45, 2.75) is 44.8 Å². The van der Waals surface area contributed by atoms with E-state index in [1.807, 2.05) is 18.2 Å². The summed E-state index contributed by atoms with van der Waals surface area (Å²) in [5.41, 5.74) is 3.54. The van der Waals surface area contributed by atoms with Gasteiger partial charge in [0.1, 0.15) is 10.6 Å². The molecule has 2 aliphatic carbocycles. The number of thiophene rings is 1. The molecule has 0 radical (unpaired) electrons. The molecule has 5 nitrogen and oxygen atoms in total. The molecule has 1 fully saturated rings. The first-order valence-electron chi connectivity index (χ1n) is 8.86. The number of ether oxygens (including phenoxy) is 2. The molecule has 0 saturated heterocycles. The third-order valence-corrected chi connectivity index (χ3v) is 6.00. The molecule has 1 aromatic heterocycles. The van der Waals surface area contributed by atoms with E-state index in [1.165, 1.54) is 16.9 Å². The van der Waals surface area contributed by atoms with Crippen LogP contribution in [0.5, 0.6) is 5.75 Å². The summed E-state index contributed by atoms with van der Waals surface area (Å²) < 4.78 is 10.7. The smallest absolute Gasteiger partial charge is 0.349 e. The molecule has 1 heterocycles. The van der Waals surface area contributed by atoms with E-state index in [4.69, 9.17) is 9.47 Å². The average molecular weight is 371 g/mol. The SMILES string of the molecule is COc1ccc2c(c1)CCc1cc(C(=O)O[C@H](C)C(=O)NC3CC3)sc1-2.